The summed E-state index contributed by atoms with van der Waals surface area (Å²) in [5.41, 5.74) is 2.56. The minimum atomic E-state index is -0.457. The molecule has 2 aromatic rings. The lowest BCUT2D eigenvalue weighted by atomic mass is 9.89. The second kappa shape index (κ2) is 6.81. The summed E-state index contributed by atoms with van der Waals surface area (Å²) in [6.45, 7) is 6.16. The molecule has 1 unspecified atom stereocenters. The maximum Gasteiger partial charge on any atom is 0.171 e. The Bertz CT molecular complexity index is 825. The van der Waals surface area contributed by atoms with E-state index in [4.69, 9.17) is 28.6 Å². The first-order valence-corrected chi connectivity index (χ1v) is 8.84. The number of halogens is 2. The average molecular weight is 379 g/mol. The molecule has 0 amide bonds. The van der Waals surface area contributed by atoms with Crippen LogP contribution in [0.15, 0.2) is 36.4 Å². The zero-order valence-corrected chi connectivity index (χ0v) is 15.9. The van der Waals surface area contributed by atoms with Gasteiger partial charge in [-0.05, 0) is 62.8 Å². The second-order valence-electron chi connectivity index (χ2n) is 6.89. The smallest absolute Gasteiger partial charge is 0.171 e. The van der Waals surface area contributed by atoms with Crippen molar-refractivity contribution >= 4 is 34.6 Å². The number of rotatable bonds is 2. The third kappa shape index (κ3) is 4.22. The van der Waals surface area contributed by atoms with E-state index in [0.717, 1.165) is 23.3 Å². The molecule has 3 rings (SSSR count). The maximum atomic E-state index is 13.3. The molecule has 132 valence electrons. The first-order valence-electron chi connectivity index (χ1n) is 8.06. The summed E-state index contributed by atoms with van der Waals surface area (Å²) in [5, 5.41) is 6.90. The van der Waals surface area contributed by atoms with Gasteiger partial charge in [0.25, 0.3) is 0 Å². The first-order chi connectivity index (χ1) is 11.7. The largest absolute Gasteiger partial charge is 0.487 e. The minimum Gasteiger partial charge on any atom is -0.487 e. The van der Waals surface area contributed by atoms with Crippen molar-refractivity contribution in [3.05, 3.63) is 58.4 Å². The molecular weight excluding hydrogens is 359 g/mol. The van der Waals surface area contributed by atoms with E-state index < -0.39 is 5.82 Å². The number of nitrogens with one attached hydrogen (secondary N) is 2. The number of fused-ring (bicyclic) bond motifs is 1. The first kappa shape index (κ1) is 18.0. The number of thiocarbonyl (C=S) groups is 1. The van der Waals surface area contributed by atoms with E-state index in [1.165, 1.54) is 12.1 Å². The van der Waals surface area contributed by atoms with Gasteiger partial charge >= 0.3 is 0 Å². The molecule has 1 aliphatic heterocycles. The molecule has 0 aromatic heterocycles. The normalized spacial score (nSPS) is 18.0. The lowest BCUT2D eigenvalue weighted by Gasteiger charge is -2.38. The molecule has 3 nitrogen and oxygen atoms in total. The Morgan fingerprint density at radius 2 is 2.04 bits per heavy atom. The van der Waals surface area contributed by atoms with Crippen LogP contribution in [0, 0.1) is 12.7 Å². The number of anilines is 1. The number of aryl methyl sites for hydroxylation is 1. The summed E-state index contributed by atoms with van der Waals surface area (Å²) in [6.07, 6.45) is 0.773. The molecule has 0 saturated heterocycles. The molecule has 0 radical (unpaired) electrons. The molecule has 6 heteroatoms. The summed E-state index contributed by atoms with van der Waals surface area (Å²) in [7, 11) is 0. The Balaban J connectivity index is 1.77. The SMILES string of the molecule is Cc1ccc2c(c1)OC(C)(C)CC2NC(=S)Nc1ccc(F)c(Cl)c1. The van der Waals surface area contributed by atoms with Crippen LogP contribution in [0.5, 0.6) is 5.75 Å². The van der Waals surface area contributed by atoms with E-state index in [-0.39, 0.29) is 16.7 Å². The molecule has 0 aliphatic carbocycles. The van der Waals surface area contributed by atoms with Crippen molar-refractivity contribution in [1.82, 2.24) is 5.32 Å². The van der Waals surface area contributed by atoms with E-state index in [9.17, 15) is 4.39 Å². The van der Waals surface area contributed by atoms with Crippen molar-refractivity contribution in [2.24, 2.45) is 0 Å². The summed E-state index contributed by atoms with van der Waals surface area (Å²) in [5.74, 6) is 0.419. The minimum absolute atomic E-state index is 0.0234. The Hall–Kier alpha value is -1.85. The van der Waals surface area contributed by atoms with Crippen LogP contribution in [0.2, 0.25) is 5.02 Å². The summed E-state index contributed by atoms with van der Waals surface area (Å²) < 4.78 is 19.4. The van der Waals surface area contributed by atoms with Crippen LogP contribution in [-0.4, -0.2) is 10.7 Å². The molecule has 0 bridgehead atoms. The van der Waals surface area contributed by atoms with E-state index >= 15 is 0 Å². The Morgan fingerprint density at radius 1 is 1.28 bits per heavy atom. The van der Waals surface area contributed by atoms with Gasteiger partial charge in [0.05, 0.1) is 11.1 Å². The zero-order valence-electron chi connectivity index (χ0n) is 14.3. The Labute approximate surface area is 157 Å². The quantitative estimate of drug-likeness (QED) is 0.688. The maximum absolute atomic E-state index is 13.3. The molecule has 0 fully saturated rings. The third-order valence-corrected chi connectivity index (χ3v) is 4.62. The van der Waals surface area contributed by atoms with E-state index in [2.05, 4.69) is 36.6 Å². The van der Waals surface area contributed by atoms with Crippen LogP contribution < -0.4 is 15.4 Å². The molecule has 0 spiro atoms. The standard InChI is InChI=1S/C19H20ClFN2OS/c1-11-4-6-13-16(10-19(2,3)24-17(13)8-11)23-18(25)22-12-5-7-15(21)14(20)9-12/h4-9,16H,10H2,1-3H3,(H2,22,23,25). The van der Waals surface area contributed by atoms with Crippen molar-refractivity contribution in [2.45, 2.75) is 38.8 Å². The average Bonchev–Trinajstić information content (AvgIpc) is 2.49. The fourth-order valence-electron chi connectivity index (χ4n) is 2.99. The van der Waals surface area contributed by atoms with Crippen LogP contribution in [0.3, 0.4) is 0 Å². The predicted molar refractivity (Wildman–Crippen MR) is 104 cm³/mol. The lowest BCUT2D eigenvalue weighted by Crippen LogP contribution is -2.42. The summed E-state index contributed by atoms with van der Waals surface area (Å²) in [6, 6.07) is 10.6. The molecule has 0 saturated carbocycles. The fourth-order valence-corrected chi connectivity index (χ4v) is 3.43. The summed E-state index contributed by atoms with van der Waals surface area (Å²) in [4.78, 5) is 0. The summed E-state index contributed by atoms with van der Waals surface area (Å²) >= 11 is 11.2. The van der Waals surface area contributed by atoms with Gasteiger partial charge in [0.1, 0.15) is 17.2 Å². The van der Waals surface area contributed by atoms with Crippen LogP contribution in [-0.2, 0) is 0 Å². The molecule has 1 aliphatic rings. The van der Waals surface area contributed by atoms with Crippen LogP contribution in [0.4, 0.5) is 10.1 Å². The van der Waals surface area contributed by atoms with E-state index in [0.29, 0.717) is 10.8 Å². The van der Waals surface area contributed by atoms with Crippen molar-refractivity contribution in [3.63, 3.8) is 0 Å². The van der Waals surface area contributed by atoms with Gasteiger partial charge in [0.15, 0.2) is 5.11 Å². The third-order valence-electron chi connectivity index (χ3n) is 4.11. The van der Waals surface area contributed by atoms with Crippen molar-refractivity contribution < 1.29 is 9.13 Å². The molecule has 1 atom stereocenters. The highest BCUT2D eigenvalue weighted by atomic mass is 35.5. The molecule has 1 heterocycles. The molecule has 25 heavy (non-hydrogen) atoms. The number of ether oxygens (including phenoxy) is 1. The lowest BCUT2D eigenvalue weighted by molar-refractivity contribution is 0.0696. The number of hydrogen-bond donors (Lipinski definition) is 2. The topological polar surface area (TPSA) is 33.3 Å². The van der Waals surface area contributed by atoms with Gasteiger partial charge < -0.3 is 15.4 Å². The van der Waals surface area contributed by atoms with Gasteiger partial charge in [0.2, 0.25) is 0 Å². The van der Waals surface area contributed by atoms with Crippen molar-refractivity contribution in [2.75, 3.05) is 5.32 Å². The van der Waals surface area contributed by atoms with E-state index in [1.807, 2.05) is 13.0 Å². The van der Waals surface area contributed by atoms with Gasteiger partial charge in [-0.1, -0.05) is 23.7 Å². The van der Waals surface area contributed by atoms with Gasteiger partial charge in [-0.2, -0.15) is 0 Å². The number of hydrogen-bond acceptors (Lipinski definition) is 2. The van der Waals surface area contributed by atoms with Gasteiger partial charge in [-0.3, -0.25) is 0 Å². The highest BCUT2D eigenvalue weighted by Gasteiger charge is 2.34. The van der Waals surface area contributed by atoms with Crippen molar-refractivity contribution in [1.29, 1.82) is 0 Å². The van der Waals surface area contributed by atoms with Crippen LogP contribution in [0.25, 0.3) is 0 Å². The van der Waals surface area contributed by atoms with Gasteiger partial charge in [0, 0.05) is 17.7 Å². The highest BCUT2D eigenvalue weighted by molar-refractivity contribution is 7.80. The predicted octanol–water partition coefficient (Wildman–Crippen LogP) is 5.38. The van der Waals surface area contributed by atoms with Gasteiger partial charge in [-0.15, -0.1) is 0 Å². The fraction of sp³-hybridized carbons (Fsp3) is 0.316. The zero-order chi connectivity index (χ0) is 18.2. The van der Waals surface area contributed by atoms with E-state index in [1.54, 1.807) is 6.07 Å². The Morgan fingerprint density at radius 3 is 2.76 bits per heavy atom. The van der Waals surface area contributed by atoms with Crippen molar-refractivity contribution in [3.8, 4) is 5.75 Å². The van der Waals surface area contributed by atoms with Gasteiger partial charge in [-0.25, -0.2) is 4.39 Å². The van der Waals surface area contributed by atoms with Crippen LogP contribution >= 0.6 is 23.8 Å². The van der Waals surface area contributed by atoms with Crippen LogP contribution in [0.1, 0.15) is 37.4 Å². The monoisotopic (exact) mass is 378 g/mol. The molecular formula is C19H20ClFN2OS. The molecule has 2 aromatic carbocycles. The highest BCUT2D eigenvalue weighted by Crippen LogP contribution is 2.39. The second-order valence-corrected chi connectivity index (χ2v) is 7.70. The Kier molecular flexibility index (Phi) is 4.89. The number of benzene rings is 2. The molecule has 2 N–H and O–H groups in total.